The van der Waals surface area contributed by atoms with E-state index in [4.69, 9.17) is 23.2 Å². The highest BCUT2D eigenvalue weighted by Gasteiger charge is 2.31. The zero-order valence-corrected chi connectivity index (χ0v) is 23.3. The Morgan fingerprint density at radius 2 is 1.76 bits per heavy atom. The van der Waals surface area contributed by atoms with Gasteiger partial charge in [-0.1, -0.05) is 48.3 Å². The number of rotatable bonds is 10. The maximum absolute atomic E-state index is 13.5. The van der Waals surface area contributed by atoms with Crippen molar-refractivity contribution in [2.75, 3.05) is 17.1 Å². The van der Waals surface area contributed by atoms with Crippen LogP contribution in [-0.4, -0.2) is 50.0 Å². The van der Waals surface area contributed by atoms with Gasteiger partial charge < -0.3 is 10.2 Å². The number of hydrogen-bond donors (Lipinski definition) is 1. The molecule has 0 aliphatic carbocycles. The first-order valence-electron chi connectivity index (χ1n) is 10.6. The number of carbonyl (C=O) groups is 2. The van der Waals surface area contributed by atoms with Crippen LogP contribution in [0, 0.1) is 0 Å². The van der Waals surface area contributed by atoms with Crippen molar-refractivity contribution in [3.05, 3.63) is 62.5 Å². The first-order valence-corrected chi connectivity index (χ1v) is 14.0. The minimum Gasteiger partial charge on any atom is -0.352 e. The number of amides is 2. The Hall–Kier alpha value is -1.81. The summed E-state index contributed by atoms with van der Waals surface area (Å²) in [6.07, 6.45) is 1.75. The van der Waals surface area contributed by atoms with Gasteiger partial charge in [0.05, 0.1) is 11.9 Å². The fourth-order valence-corrected chi connectivity index (χ4v) is 5.08. The summed E-state index contributed by atoms with van der Waals surface area (Å²) in [5.41, 5.74) is 0.897. The van der Waals surface area contributed by atoms with Gasteiger partial charge in [0, 0.05) is 27.1 Å². The first kappa shape index (κ1) is 28.4. The largest absolute Gasteiger partial charge is 0.352 e. The SMILES string of the molecule is CCC(C)NC(=O)C(C)N(Cc1ccc(Cl)cc1Cl)C(=O)CN(c1ccccc1Br)S(C)(=O)=O. The molecule has 0 saturated carbocycles. The lowest BCUT2D eigenvalue weighted by Crippen LogP contribution is -2.52. The van der Waals surface area contributed by atoms with E-state index >= 15 is 0 Å². The molecule has 0 spiro atoms. The summed E-state index contributed by atoms with van der Waals surface area (Å²) in [5, 5.41) is 3.65. The second-order valence-electron chi connectivity index (χ2n) is 7.97. The summed E-state index contributed by atoms with van der Waals surface area (Å²) in [7, 11) is -3.81. The van der Waals surface area contributed by atoms with Crippen LogP contribution in [0.25, 0.3) is 0 Å². The Bertz CT molecular complexity index is 1150. The van der Waals surface area contributed by atoms with E-state index in [9.17, 15) is 18.0 Å². The van der Waals surface area contributed by atoms with E-state index in [1.807, 2.05) is 13.8 Å². The molecule has 2 aromatic carbocycles. The Morgan fingerprint density at radius 3 is 2.32 bits per heavy atom. The summed E-state index contributed by atoms with van der Waals surface area (Å²) in [5.74, 6) is -0.904. The van der Waals surface area contributed by atoms with Crippen molar-refractivity contribution < 1.29 is 18.0 Å². The zero-order chi connectivity index (χ0) is 25.6. The van der Waals surface area contributed by atoms with Crippen LogP contribution in [0.1, 0.15) is 32.8 Å². The number of hydrogen-bond acceptors (Lipinski definition) is 4. The fraction of sp³-hybridized carbons (Fsp3) is 0.391. The molecule has 34 heavy (non-hydrogen) atoms. The molecule has 0 aliphatic heterocycles. The van der Waals surface area contributed by atoms with Crippen LogP contribution in [0.3, 0.4) is 0 Å². The number of benzene rings is 2. The molecule has 2 unspecified atom stereocenters. The number of carbonyl (C=O) groups excluding carboxylic acids is 2. The maximum atomic E-state index is 13.5. The topological polar surface area (TPSA) is 86.8 Å². The smallest absolute Gasteiger partial charge is 0.244 e. The molecule has 0 saturated heterocycles. The summed E-state index contributed by atoms with van der Waals surface area (Å²) < 4.78 is 26.7. The van der Waals surface area contributed by atoms with Gasteiger partial charge in [-0.3, -0.25) is 13.9 Å². The van der Waals surface area contributed by atoms with Crippen LogP contribution in [0.15, 0.2) is 46.9 Å². The van der Waals surface area contributed by atoms with Crippen molar-refractivity contribution >= 4 is 66.7 Å². The van der Waals surface area contributed by atoms with Crippen molar-refractivity contribution in [2.24, 2.45) is 0 Å². The third-order valence-corrected chi connectivity index (χ3v) is 7.71. The highest BCUT2D eigenvalue weighted by molar-refractivity contribution is 9.10. The zero-order valence-electron chi connectivity index (χ0n) is 19.4. The molecule has 11 heteroatoms. The average molecular weight is 593 g/mol. The van der Waals surface area contributed by atoms with Crippen LogP contribution >= 0.6 is 39.1 Å². The summed E-state index contributed by atoms with van der Waals surface area (Å²) in [6, 6.07) is 10.6. The lowest BCUT2D eigenvalue weighted by atomic mass is 10.1. The van der Waals surface area contributed by atoms with E-state index in [-0.39, 0.29) is 18.5 Å². The monoisotopic (exact) mass is 591 g/mol. The standard InChI is InChI=1S/C23H28BrCl2N3O4S/c1-5-15(2)27-23(31)16(3)28(13-17-10-11-18(25)12-20(17)26)22(30)14-29(34(4,32)33)21-9-7-6-8-19(21)24/h6-12,15-16H,5,13-14H2,1-4H3,(H,27,31). The minimum atomic E-state index is -3.81. The molecule has 0 heterocycles. The molecule has 0 fully saturated rings. The van der Waals surface area contributed by atoms with E-state index in [1.54, 1.807) is 49.4 Å². The molecule has 0 aliphatic rings. The summed E-state index contributed by atoms with van der Waals surface area (Å²) >= 11 is 15.7. The van der Waals surface area contributed by atoms with E-state index in [1.165, 1.54) is 4.90 Å². The minimum absolute atomic E-state index is 0.00249. The van der Waals surface area contributed by atoms with E-state index in [0.29, 0.717) is 25.8 Å². The third-order valence-electron chi connectivity index (χ3n) is 5.32. The Balaban J connectivity index is 2.43. The molecular formula is C23H28BrCl2N3O4S. The number of nitrogens with one attached hydrogen (secondary N) is 1. The fourth-order valence-electron chi connectivity index (χ4n) is 3.13. The molecule has 2 rings (SSSR count). The summed E-state index contributed by atoms with van der Waals surface area (Å²) in [6.45, 7) is 4.91. The van der Waals surface area contributed by atoms with Crippen molar-refractivity contribution in [3.8, 4) is 0 Å². The first-order chi connectivity index (χ1) is 15.8. The molecule has 2 amide bonds. The van der Waals surface area contributed by atoms with Gasteiger partial charge in [0.15, 0.2) is 0 Å². The van der Waals surface area contributed by atoms with Crippen LogP contribution in [0.5, 0.6) is 0 Å². The Labute approximate surface area is 219 Å². The molecule has 2 aromatic rings. The van der Waals surface area contributed by atoms with Crippen LogP contribution in [0.4, 0.5) is 5.69 Å². The van der Waals surface area contributed by atoms with E-state index in [0.717, 1.165) is 17.0 Å². The van der Waals surface area contributed by atoms with E-state index < -0.39 is 28.5 Å². The number of nitrogens with zero attached hydrogens (tertiary/aromatic N) is 2. The van der Waals surface area contributed by atoms with Gasteiger partial charge >= 0.3 is 0 Å². The number of sulfonamides is 1. The predicted octanol–water partition coefficient (Wildman–Crippen LogP) is 4.85. The molecule has 0 radical (unpaired) electrons. The lowest BCUT2D eigenvalue weighted by molar-refractivity contribution is -0.139. The summed E-state index contributed by atoms with van der Waals surface area (Å²) in [4.78, 5) is 27.7. The molecule has 1 N–H and O–H groups in total. The van der Waals surface area contributed by atoms with Crippen molar-refractivity contribution in [1.82, 2.24) is 10.2 Å². The average Bonchev–Trinajstić information content (AvgIpc) is 2.76. The quantitative estimate of drug-likeness (QED) is 0.427. The number of para-hydroxylation sites is 1. The Morgan fingerprint density at radius 1 is 1.12 bits per heavy atom. The number of anilines is 1. The second kappa shape index (κ2) is 12.2. The predicted molar refractivity (Wildman–Crippen MR) is 141 cm³/mol. The van der Waals surface area contributed by atoms with Gasteiger partial charge in [0.1, 0.15) is 12.6 Å². The third kappa shape index (κ3) is 7.60. The van der Waals surface area contributed by atoms with E-state index in [2.05, 4.69) is 21.2 Å². The highest BCUT2D eigenvalue weighted by atomic mass is 79.9. The number of halogens is 3. The molecular weight excluding hydrogens is 565 g/mol. The molecule has 7 nitrogen and oxygen atoms in total. The van der Waals surface area contributed by atoms with Gasteiger partial charge in [-0.2, -0.15) is 0 Å². The van der Waals surface area contributed by atoms with Crippen LogP contribution in [0.2, 0.25) is 10.0 Å². The molecule has 0 bridgehead atoms. The lowest BCUT2D eigenvalue weighted by Gasteiger charge is -2.32. The van der Waals surface area contributed by atoms with Crippen molar-refractivity contribution in [2.45, 2.75) is 45.8 Å². The van der Waals surface area contributed by atoms with Gasteiger partial charge in [-0.15, -0.1) is 0 Å². The van der Waals surface area contributed by atoms with Crippen molar-refractivity contribution in [1.29, 1.82) is 0 Å². The van der Waals surface area contributed by atoms with Gasteiger partial charge in [-0.25, -0.2) is 8.42 Å². The van der Waals surface area contributed by atoms with Crippen LogP contribution < -0.4 is 9.62 Å². The van der Waals surface area contributed by atoms with Crippen LogP contribution in [-0.2, 0) is 26.2 Å². The molecule has 0 aromatic heterocycles. The van der Waals surface area contributed by atoms with Crippen molar-refractivity contribution in [3.63, 3.8) is 0 Å². The highest BCUT2D eigenvalue weighted by Crippen LogP contribution is 2.28. The Kier molecular flexibility index (Phi) is 10.2. The van der Waals surface area contributed by atoms with Gasteiger partial charge in [0.2, 0.25) is 21.8 Å². The molecule has 186 valence electrons. The maximum Gasteiger partial charge on any atom is 0.244 e. The second-order valence-corrected chi connectivity index (χ2v) is 11.6. The van der Waals surface area contributed by atoms with Gasteiger partial charge in [0.25, 0.3) is 0 Å². The molecule has 2 atom stereocenters. The van der Waals surface area contributed by atoms with Gasteiger partial charge in [-0.05, 0) is 66.0 Å². The normalized spacial score (nSPS) is 13.1.